The highest BCUT2D eigenvalue weighted by atomic mass is 19.4. The number of nitrogens with one attached hydrogen (secondary N) is 3. The van der Waals surface area contributed by atoms with Gasteiger partial charge in [-0.3, -0.25) is 14.4 Å². The summed E-state index contributed by atoms with van der Waals surface area (Å²) in [6.07, 6.45) is -3.39. The third-order valence-corrected chi connectivity index (χ3v) is 5.07. The number of anilines is 2. The van der Waals surface area contributed by atoms with Gasteiger partial charge in [-0.15, -0.1) is 0 Å². The highest BCUT2D eigenvalue weighted by Gasteiger charge is 2.33. The lowest BCUT2D eigenvalue weighted by Crippen LogP contribution is -2.32. The first kappa shape index (κ1) is 29.5. The van der Waals surface area contributed by atoms with Crippen LogP contribution < -0.4 is 30.3 Å². The van der Waals surface area contributed by atoms with Gasteiger partial charge in [0, 0.05) is 0 Å². The van der Waals surface area contributed by atoms with Crippen molar-refractivity contribution < 1.29 is 41.8 Å². The number of hydrazone groups is 1. The molecule has 13 heteroatoms. The summed E-state index contributed by atoms with van der Waals surface area (Å²) in [5.74, 6) is -2.06. The van der Waals surface area contributed by atoms with Gasteiger partial charge in [-0.25, -0.2) is 5.43 Å². The zero-order valence-corrected chi connectivity index (χ0v) is 21.4. The van der Waals surface area contributed by atoms with Gasteiger partial charge in [0.2, 0.25) is 0 Å². The first-order valence-electron chi connectivity index (χ1n) is 11.8. The van der Waals surface area contributed by atoms with E-state index in [2.05, 4.69) is 21.2 Å². The van der Waals surface area contributed by atoms with Gasteiger partial charge in [0.1, 0.15) is 5.75 Å². The lowest BCUT2D eigenvalue weighted by Gasteiger charge is -2.14. The Labute approximate surface area is 227 Å². The van der Waals surface area contributed by atoms with Gasteiger partial charge in [0.15, 0.2) is 18.1 Å². The second-order valence-corrected chi connectivity index (χ2v) is 7.87. The minimum Gasteiger partial charge on any atom is -0.493 e. The van der Waals surface area contributed by atoms with Crippen molar-refractivity contribution in [2.24, 2.45) is 5.10 Å². The Bertz CT molecular complexity index is 1390. The summed E-state index contributed by atoms with van der Waals surface area (Å²) in [7, 11) is 1.34. The number of rotatable bonds is 10. The van der Waals surface area contributed by atoms with E-state index >= 15 is 0 Å². The Morgan fingerprint density at radius 2 is 1.55 bits per heavy atom. The van der Waals surface area contributed by atoms with Crippen LogP contribution >= 0.6 is 0 Å². The minimum atomic E-state index is -4.64. The normalized spacial score (nSPS) is 11.0. The molecule has 0 aliphatic carbocycles. The monoisotopic (exact) mass is 558 g/mol. The summed E-state index contributed by atoms with van der Waals surface area (Å²) in [5, 5.41) is 8.37. The zero-order chi connectivity index (χ0) is 29.1. The molecule has 210 valence electrons. The second kappa shape index (κ2) is 13.6. The molecule has 3 aromatic rings. The Kier molecular flexibility index (Phi) is 10.1. The minimum absolute atomic E-state index is 0.135. The second-order valence-electron chi connectivity index (χ2n) is 7.87. The van der Waals surface area contributed by atoms with E-state index in [1.807, 2.05) is 0 Å². The molecule has 0 fully saturated rings. The van der Waals surface area contributed by atoms with Crippen LogP contribution in [0.2, 0.25) is 0 Å². The summed E-state index contributed by atoms with van der Waals surface area (Å²) in [6, 6.07) is 15.6. The lowest BCUT2D eigenvalue weighted by molar-refractivity contribution is -0.137. The lowest BCUT2D eigenvalue weighted by atomic mass is 10.1. The van der Waals surface area contributed by atoms with E-state index in [4.69, 9.17) is 14.2 Å². The van der Waals surface area contributed by atoms with Crippen LogP contribution in [0.1, 0.15) is 18.1 Å². The number of para-hydroxylation sites is 3. The van der Waals surface area contributed by atoms with Crippen LogP contribution in [0.4, 0.5) is 24.5 Å². The number of halogens is 3. The maximum absolute atomic E-state index is 13.1. The Balaban J connectivity index is 1.56. The van der Waals surface area contributed by atoms with Gasteiger partial charge in [0.25, 0.3) is 5.91 Å². The molecule has 0 unspecified atom stereocenters. The fourth-order valence-electron chi connectivity index (χ4n) is 3.30. The van der Waals surface area contributed by atoms with Crippen molar-refractivity contribution >= 4 is 35.3 Å². The van der Waals surface area contributed by atoms with Crippen LogP contribution in [-0.4, -0.2) is 44.3 Å². The molecule has 3 amide bonds. The predicted octanol–water partition coefficient (Wildman–Crippen LogP) is 4.22. The van der Waals surface area contributed by atoms with Gasteiger partial charge >= 0.3 is 18.0 Å². The van der Waals surface area contributed by atoms with Crippen LogP contribution in [0.3, 0.4) is 0 Å². The molecule has 0 saturated heterocycles. The summed E-state index contributed by atoms with van der Waals surface area (Å²) in [5.41, 5.74) is 1.50. The van der Waals surface area contributed by atoms with E-state index < -0.39 is 41.8 Å². The van der Waals surface area contributed by atoms with Crippen molar-refractivity contribution in [3.63, 3.8) is 0 Å². The number of carbonyl (C=O) groups excluding carboxylic acids is 3. The molecule has 3 aromatic carbocycles. The molecule has 0 aromatic heterocycles. The van der Waals surface area contributed by atoms with Crippen molar-refractivity contribution in [2.75, 3.05) is 31.0 Å². The number of carbonyl (C=O) groups is 3. The molecule has 0 aliphatic rings. The molecule has 10 nitrogen and oxygen atoms in total. The molecule has 0 atom stereocenters. The van der Waals surface area contributed by atoms with E-state index in [0.29, 0.717) is 23.6 Å². The van der Waals surface area contributed by atoms with E-state index in [1.54, 1.807) is 31.2 Å². The van der Waals surface area contributed by atoms with E-state index in [0.717, 1.165) is 12.1 Å². The molecule has 0 aliphatic heterocycles. The Hall–Kier alpha value is -5.07. The number of ether oxygens (including phenoxy) is 3. The number of nitrogens with zero attached hydrogens (tertiary/aromatic N) is 1. The van der Waals surface area contributed by atoms with Crippen molar-refractivity contribution in [2.45, 2.75) is 13.1 Å². The summed E-state index contributed by atoms with van der Waals surface area (Å²) in [4.78, 5) is 36.5. The molecular formula is C27H25F3N4O6. The highest BCUT2D eigenvalue weighted by molar-refractivity contribution is 6.39. The SMILES string of the molecule is CCOc1ccccc1NC(=O)C(=O)N/N=C\c1ccc(OCC(=O)Nc2ccccc2C(F)(F)F)c(OC)c1. The molecular weight excluding hydrogens is 533 g/mol. The van der Waals surface area contributed by atoms with Crippen molar-refractivity contribution in [1.29, 1.82) is 0 Å². The van der Waals surface area contributed by atoms with Gasteiger partial charge in [-0.05, 0) is 55.0 Å². The zero-order valence-electron chi connectivity index (χ0n) is 21.4. The van der Waals surface area contributed by atoms with Crippen LogP contribution in [0.15, 0.2) is 71.8 Å². The maximum atomic E-state index is 13.1. The van der Waals surface area contributed by atoms with Gasteiger partial charge < -0.3 is 24.8 Å². The molecule has 0 bridgehead atoms. The third-order valence-electron chi connectivity index (χ3n) is 5.07. The average molecular weight is 559 g/mol. The summed E-state index contributed by atoms with van der Waals surface area (Å²) >= 11 is 0. The van der Waals surface area contributed by atoms with Crippen molar-refractivity contribution in [3.8, 4) is 17.2 Å². The Morgan fingerprint density at radius 3 is 2.25 bits per heavy atom. The van der Waals surface area contributed by atoms with Gasteiger partial charge in [0.05, 0.1) is 36.9 Å². The van der Waals surface area contributed by atoms with Crippen LogP contribution in [0.25, 0.3) is 0 Å². The molecule has 3 rings (SSSR count). The van der Waals surface area contributed by atoms with Crippen LogP contribution in [0.5, 0.6) is 17.2 Å². The fraction of sp³-hybridized carbons (Fsp3) is 0.185. The van der Waals surface area contributed by atoms with Crippen LogP contribution in [0, 0.1) is 0 Å². The Morgan fingerprint density at radius 1 is 0.850 bits per heavy atom. The molecule has 0 saturated carbocycles. The first-order chi connectivity index (χ1) is 19.1. The number of benzene rings is 3. The summed E-state index contributed by atoms with van der Waals surface area (Å²) < 4.78 is 55.4. The smallest absolute Gasteiger partial charge is 0.418 e. The third kappa shape index (κ3) is 8.21. The number of amides is 3. The highest BCUT2D eigenvalue weighted by Crippen LogP contribution is 2.34. The molecule has 0 heterocycles. The van der Waals surface area contributed by atoms with E-state index in [9.17, 15) is 27.6 Å². The van der Waals surface area contributed by atoms with Crippen LogP contribution in [-0.2, 0) is 20.6 Å². The van der Waals surface area contributed by atoms with Gasteiger partial charge in [-0.2, -0.15) is 18.3 Å². The molecule has 0 radical (unpaired) electrons. The van der Waals surface area contributed by atoms with Crippen molar-refractivity contribution in [1.82, 2.24) is 5.43 Å². The van der Waals surface area contributed by atoms with Gasteiger partial charge in [-0.1, -0.05) is 24.3 Å². The standard InChI is InChI=1S/C27H25F3N4O6/c1-3-39-21-11-7-6-10-20(21)33-25(36)26(37)34-31-15-17-12-13-22(23(14-17)38-2)40-16-24(35)32-19-9-5-4-8-18(19)27(28,29)30/h4-15H,3,16H2,1-2H3,(H,32,35)(H,33,36)(H,34,37)/b31-15-. The number of methoxy groups -OCH3 is 1. The molecule has 3 N–H and O–H groups in total. The predicted molar refractivity (Wildman–Crippen MR) is 141 cm³/mol. The molecule has 0 spiro atoms. The first-order valence-corrected chi connectivity index (χ1v) is 11.8. The van der Waals surface area contributed by atoms with Crippen molar-refractivity contribution in [3.05, 3.63) is 77.9 Å². The fourth-order valence-corrected chi connectivity index (χ4v) is 3.30. The maximum Gasteiger partial charge on any atom is 0.418 e. The quantitative estimate of drug-likeness (QED) is 0.194. The number of hydrogen-bond donors (Lipinski definition) is 3. The van der Waals surface area contributed by atoms with E-state index in [1.165, 1.54) is 43.7 Å². The number of hydrogen-bond acceptors (Lipinski definition) is 7. The average Bonchev–Trinajstić information content (AvgIpc) is 2.93. The topological polar surface area (TPSA) is 127 Å². The number of alkyl halides is 3. The van der Waals surface area contributed by atoms with E-state index in [-0.39, 0.29) is 11.5 Å². The summed E-state index contributed by atoms with van der Waals surface area (Å²) in [6.45, 7) is 1.57. The molecule has 40 heavy (non-hydrogen) atoms. The largest absolute Gasteiger partial charge is 0.493 e.